The number of anilines is 1. The molecule has 0 aliphatic carbocycles. The first-order valence-corrected chi connectivity index (χ1v) is 11.0. The van der Waals surface area contributed by atoms with Crippen molar-refractivity contribution in [1.29, 1.82) is 0 Å². The van der Waals surface area contributed by atoms with E-state index in [0.29, 0.717) is 35.1 Å². The number of nitrogens with zero attached hydrogens (tertiary/aromatic N) is 1. The van der Waals surface area contributed by atoms with Gasteiger partial charge in [-0.1, -0.05) is 28.1 Å². The zero-order valence-corrected chi connectivity index (χ0v) is 19.5. The summed E-state index contributed by atoms with van der Waals surface area (Å²) in [5.41, 5.74) is 1.79. The van der Waals surface area contributed by atoms with Gasteiger partial charge < -0.3 is 14.3 Å². The summed E-state index contributed by atoms with van der Waals surface area (Å²) in [6, 6.07) is 14.8. The number of furan rings is 1. The van der Waals surface area contributed by atoms with Crippen molar-refractivity contribution in [3.05, 3.63) is 87.3 Å². The summed E-state index contributed by atoms with van der Waals surface area (Å²) in [5, 5.41) is 11.2. The van der Waals surface area contributed by atoms with E-state index in [1.807, 2.05) is 13.8 Å². The molecule has 164 valence electrons. The molecule has 1 fully saturated rings. The first kappa shape index (κ1) is 21.9. The van der Waals surface area contributed by atoms with Crippen LogP contribution < -0.4 is 9.64 Å². The number of benzene rings is 2. The summed E-state index contributed by atoms with van der Waals surface area (Å²) < 4.78 is 12.3. The number of carbonyl (C=O) groups excluding carboxylic acids is 2. The Morgan fingerprint density at radius 3 is 2.56 bits per heavy atom. The number of aliphatic hydroxyl groups is 1. The molecule has 0 spiro atoms. The van der Waals surface area contributed by atoms with Gasteiger partial charge in [-0.2, -0.15) is 0 Å². The average Bonchev–Trinajstić information content (AvgIpc) is 3.31. The van der Waals surface area contributed by atoms with Gasteiger partial charge in [0, 0.05) is 21.8 Å². The van der Waals surface area contributed by atoms with Crippen molar-refractivity contribution < 1.29 is 23.8 Å². The Labute approximate surface area is 194 Å². The molecule has 0 bridgehead atoms. The van der Waals surface area contributed by atoms with Crippen molar-refractivity contribution >= 4 is 39.1 Å². The van der Waals surface area contributed by atoms with Crippen LogP contribution in [0.4, 0.5) is 5.69 Å². The molecule has 2 heterocycles. The fourth-order valence-corrected chi connectivity index (χ4v) is 4.05. The molecular formula is C25H22BrNO5. The number of hydrogen-bond acceptors (Lipinski definition) is 5. The van der Waals surface area contributed by atoms with Gasteiger partial charge in [0.15, 0.2) is 0 Å². The van der Waals surface area contributed by atoms with E-state index in [4.69, 9.17) is 9.15 Å². The molecule has 0 radical (unpaired) electrons. The Balaban J connectivity index is 1.92. The highest BCUT2D eigenvalue weighted by Gasteiger charge is 2.48. The lowest BCUT2D eigenvalue weighted by molar-refractivity contribution is -0.132. The molecule has 3 aromatic rings. The van der Waals surface area contributed by atoms with E-state index in [-0.39, 0.29) is 11.3 Å². The Morgan fingerprint density at radius 1 is 1.12 bits per heavy atom. The van der Waals surface area contributed by atoms with Gasteiger partial charge in [0.05, 0.1) is 12.2 Å². The van der Waals surface area contributed by atoms with Crippen molar-refractivity contribution in [2.75, 3.05) is 11.5 Å². The van der Waals surface area contributed by atoms with E-state index in [2.05, 4.69) is 15.9 Å². The van der Waals surface area contributed by atoms with Crippen LogP contribution in [-0.4, -0.2) is 23.4 Å². The fraction of sp³-hybridized carbons (Fsp3) is 0.200. The van der Waals surface area contributed by atoms with Gasteiger partial charge in [0.2, 0.25) is 0 Å². The molecule has 32 heavy (non-hydrogen) atoms. The molecule has 1 aromatic heterocycles. The van der Waals surface area contributed by atoms with Gasteiger partial charge in [0.1, 0.15) is 29.1 Å². The molecule has 1 unspecified atom stereocenters. The first-order chi connectivity index (χ1) is 15.3. The summed E-state index contributed by atoms with van der Waals surface area (Å²) in [5.74, 6) is -0.171. The molecule has 0 saturated carbocycles. The lowest BCUT2D eigenvalue weighted by atomic mass is 9.98. The zero-order chi connectivity index (χ0) is 23.0. The number of halogens is 1. The van der Waals surface area contributed by atoms with E-state index in [0.717, 1.165) is 10.0 Å². The van der Waals surface area contributed by atoms with Crippen LogP contribution in [0.25, 0.3) is 5.76 Å². The lowest BCUT2D eigenvalue weighted by Crippen LogP contribution is -2.29. The van der Waals surface area contributed by atoms with Gasteiger partial charge in [0.25, 0.3) is 11.7 Å². The number of amides is 1. The predicted octanol–water partition coefficient (Wildman–Crippen LogP) is 5.68. The first-order valence-electron chi connectivity index (χ1n) is 10.2. The van der Waals surface area contributed by atoms with Crippen molar-refractivity contribution in [2.45, 2.75) is 26.8 Å². The van der Waals surface area contributed by atoms with E-state index in [9.17, 15) is 14.7 Å². The Kier molecular flexibility index (Phi) is 5.93. The third kappa shape index (κ3) is 3.84. The number of carbonyl (C=O) groups is 2. The summed E-state index contributed by atoms with van der Waals surface area (Å²) in [4.78, 5) is 27.7. The van der Waals surface area contributed by atoms with E-state index < -0.39 is 17.7 Å². The minimum absolute atomic E-state index is 0.0205. The highest BCUT2D eigenvalue weighted by atomic mass is 79.9. The molecule has 4 rings (SSSR count). The molecule has 1 saturated heterocycles. The van der Waals surface area contributed by atoms with Crippen LogP contribution in [0.3, 0.4) is 0 Å². The standard InChI is InChI=1S/C25H22BrNO5/c1-4-31-18-7-5-6-17(13-18)27-22(20-11-8-15(3)32-20)21(24(29)25(27)30)23(28)16-9-10-19(26)14(2)12-16/h5-13,22,28H,4H2,1-3H3/b23-21-. The second kappa shape index (κ2) is 8.67. The van der Waals surface area contributed by atoms with Crippen LogP contribution in [0.15, 0.2) is 69.1 Å². The fourth-order valence-electron chi connectivity index (χ4n) is 3.81. The Hall–Kier alpha value is -3.32. The van der Waals surface area contributed by atoms with Gasteiger partial charge in [-0.05, 0) is 62.7 Å². The van der Waals surface area contributed by atoms with E-state index in [1.165, 1.54) is 4.90 Å². The smallest absolute Gasteiger partial charge is 0.300 e. The number of hydrogen-bond donors (Lipinski definition) is 1. The number of Topliss-reactive ketones (excluding diaryl/α,β-unsaturated/α-hetero) is 1. The van der Waals surface area contributed by atoms with Crippen LogP contribution in [0.1, 0.15) is 35.6 Å². The molecule has 1 aliphatic rings. The molecule has 1 N–H and O–H groups in total. The molecule has 1 amide bonds. The molecule has 1 atom stereocenters. The number of aliphatic hydroxyl groups excluding tert-OH is 1. The summed E-state index contributed by atoms with van der Waals surface area (Å²) in [7, 11) is 0. The van der Waals surface area contributed by atoms with Crippen molar-refractivity contribution in [2.24, 2.45) is 0 Å². The maximum absolute atomic E-state index is 13.2. The van der Waals surface area contributed by atoms with Crippen LogP contribution in [0.5, 0.6) is 5.75 Å². The third-order valence-corrected chi connectivity index (χ3v) is 6.20. The topological polar surface area (TPSA) is 80.0 Å². The van der Waals surface area contributed by atoms with Crippen molar-refractivity contribution in [3.63, 3.8) is 0 Å². The van der Waals surface area contributed by atoms with Gasteiger partial charge in [-0.25, -0.2) is 0 Å². The minimum atomic E-state index is -0.912. The normalized spacial score (nSPS) is 17.8. The summed E-state index contributed by atoms with van der Waals surface area (Å²) >= 11 is 3.44. The lowest BCUT2D eigenvalue weighted by Gasteiger charge is -2.24. The molecule has 1 aliphatic heterocycles. The number of ether oxygens (including phenoxy) is 1. The number of aryl methyl sites for hydroxylation is 2. The second-order valence-electron chi connectivity index (χ2n) is 7.51. The third-order valence-electron chi connectivity index (χ3n) is 5.31. The highest BCUT2D eigenvalue weighted by Crippen LogP contribution is 2.43. The van der Waals surface area contributed by atoms with E-state index >= 15 is 0 Å². The van der Waals surface area contributed by atoms with Gasteiger partial charge >= 0.3 is 0 Å². The molecule has 6 nitrogen and oxygen atoms in total. The van der Waals surface area contributed by atoms with Crippen molar-refractivity contribution in [3.8, 4) is 5.75 Å². The Bertz CT molecular complexity index is 1240. The van der Waals surface area contributed by atoms with Crippen molar-refractivity contribution in [1.82, 2.24) is 0 Å². The van der Waals surface area contributed by atoms with Crippen LogP contribution >= 0.6 is 15.9 Å². The van der Waals surface area contributed by atoms with Crippen LogP contribution in [0.2, 0.25) is 0 Å². The summed E-state index contributed by atoms with van der Waals surface area (Å²) in [6.07, 6.45) is 0. The Morgan fingerprint density at radius 2 is 1.91 bits per heavy atom. The highest BCUT2D eigenvalue weighted by molar-refractivity contribution is 9.10. The number of rotatable bonds is 5. The van der Waals surface area contributed by atoms with Crippen LogP contribution in [-0.2, 0) is 9.59 Å². The summed E-state index contributed by atoms with van der Waals surface area (Å²) in [6.45, 7) is 5.99. The molecule has 2 aromatic carbocycles. The quantitative estimate of drug-likeness (QED) is 0.279. The number of ketones is 1. The monoisotopic (exact) mass is 495 g/mol. The molecular weight excluding hydrogens is 474 g/mol. The maximum atomic E-state index is 13.2. The minimum Gasteiger partial charge on any atom is -0.507 e. The SMILES string of the molecule is CCOc1cccc(N2C(=O)C(=O)/C(=C(\O)c3ccc(Br)c(C)c3)C2c2ccc(C)o2)c1. The van der Waals surface area contributed by atoms with Gasteiger partial charge in [-0.3, -0.25) is 14.5 Å². The van der Waals surface area contributed by atoms with E-state index in [1.54, 1.807) is 61.5 Å². The zero-order valence-electron chi connectivity index (χ0n) is 17.9. The van der Waals surface area contributed by atoms with Gasteiger partial charge in [-0.15, -0.1) is 0 Å². The predicted molar refractivity (Wildman–Crippen MR) is 125 cm³/mol. The van der Waals surface area contributed by atoms with Crippen LogP contribution in [0, 0.1) is 13.8 Å². The average molecular weight is 496 g/mol. The largest absolute Gasteiger partial charge is 0.507 e. The molecule has 7 heteroatoms. The second-order valence-corrected chi connectivity index (χ2v) is 8.37. The maximum Gasteiger partial charge on any atom is 0.300 e.